The van der Waals surface area contributed by atoms with Crippen molar-refractivity contribution in [2.45, 2.75) is 24.6 Å². The lowest BCUT2D eigenvalue weighted by molar-refractivity contribution is 0.781. The van der Waals surface area contributed by atoms with E-state index in [1.54, 1.807) is 6.20 Å². The Morgan fingerprint density at radius 2 is 2.25 bits per heavy atom. The molecule has 3 rings (SSSR count). The van der Waals surface area contributed by atoms with Gasteiger partial charge in [0.25, 0.3) is 0 Å². The van der Waals surface area contributed by atoms with Crippen LogP contribution in [0.25, 0.3) is 5.82 Å². The fraction of sp³-hybridized carbons (Fsp3) is 0.333. The zero-order chi connectivity index (χ0) is 11.0. The molecule has 2 aromatic rings. The van der Waals surface area contributed by atoms with Gasteiger partial charge in [-0.3, -0.25) is 0 Å². The summed E-state index contributed by atoms with van der Waals surface area (Å²) in [5, 5.41) is 4.39. The molecule has 0 radical (unpaired) electrons. The van der Waals surface area contributed by atoms with Crippen LogP contribution in [0.5, 0.6) is 0 Å². The van der Waals surface area contributed by atoms with Crippen molar-refractivity contribution in [1.82, 2.24) is 14.8 Å². The van der Waals surface area contributed by atoms with E-state index in [0.717, 1.165) is 11.4 Å². The van der Waals surface area contributed by atoms with Gasteiger partial charge in [-0.15, -0.1) is 11.6 Å². The maximum Gasteiger partial charge on any atom is 0.153 e. The second kappa shape index (κ2) is 3.91. The molecule has 0 N–H and O–H groups in total. The third-order valence-corrected chi connectivity index (χ3v) is 3.15. The van der Waals surface area contributed by atoms with Gasteiger partial charge in [-0.1, -0.05) is 6.07 Å². The second-order valence-electron chi connectivity index (χ2n) is 4.06. The molecule has 0 unspecified atom stereocenters. The van der Waals surface area contributed by atoms with E-state index >= 15 is 0 Å². The molecule has 0 saturated heterocycles. The topological polar surface area (TPSA) is 30.7 Å². The summed E-state index contributed by atoms with van der Waals surface area (Å²) in [6.45, 7) is 0. The zero-order valence-electron chi connectivity index (χ0n) is 8.81. The van der Waals surface area contributed by atoms with Gasteiger partial charge in [0.2, 0.25) is 0 Å². The second-order valence-corrected chi connectivity index (χ2v) is 4.33. The zero-order valence-corrected chi connectivity index (χ0v) is 9.56. The van der Waals surface area contributed by atoms with Crippen LogP contribution >= 0.6 is 11.6 Å². The van der Waals surface area contributed by atoms with Crippen molar-refractivity contribution in [3.8, 4) is 5.82 Å². The number of halogens is 1. The first kappa shape index (κ1) is 9.85. The molecule has 2 heterocycles. The van der Waals surface area contributed by atoms with Gasteiger partial charge in [0, 0.05) is 17.7 Å². The number of nitrogens with zero attached hydrogens (tertiary/aromatic N) is 3. The molecule has 0 aromatic carbocycles. The van der Waals surface area contributed by atoms with Crippen LogP contribution in [0, 0.1) is 0 Å². The molecule has 16 heavy (non-hydrogen) atoms. The summed E-state index contributed by atoms with van der Waals surface area (Å²) in [4.78, 5) is 4.32. The van der Waals surface area contributed by atoms with Crippen LogP contribution in [0.15, 0.2) is 30.6 Å². The maximum atomic E-state index is 5.93. The summed E-state index contributed by atoms with van der Waals surface area (Å²) in [6, 6.07) is 5.85. The monoisotopic (exact) mass is 233 g/mol. The summed E-state index contributed by atoms with van der Waals surface area (Å²) < 4.78 is 1.93. The largest absolute Gasteiger partial charge is 0.237 e. The first-order valence-corrected chi connectivity index (χ1v) is 5.98. The molecule has 2 aromatic heterocycles. The summed E-state index contributed by atoms with van der Waals surface area (Å²) in [6.07, 6.45) is 6.12. The van der Waals surface area contributed by atoms with E-state index < -0.39 is 0 Å². The Bertz CT molecular complexity index is 488. The van der Waals surface area contributed by atoms with Gasteiger partial charge >= 0.3 is 0 Å². The lowest BCUT2D eigenvalue weighted by Gasteiger charge is -2.06. The summed E-state index contributed by atoms with van der Waals surface area (Å²) in [7, 11) is 0. The fourth-order valence-corrected chi connectivity index (χ4v) is 2.15. The van der Waals surface area contributed by atoms with Gasteiger partial charge < -0.3 is 0 Å². The van der Waals surface area contributed by atoms with E-state index in [9.17, 15) is 0 Å². The van der Waals surface area contributed by atoms with Gasteiger partial charge in [0.1, 0.15) is 0 Å². The Balaban J connectivity index is 2.10. The Kier molecular flexibility index (Phi) is 2.40. The van der Waals surface area contributed by atoms with Crippen molar-refractivity contribution in [2.75, 3.05) is 0 Å². The van der Waals surface area contributed by atoms with Crippen LogP contribution in [0.4, 0.5) is 0 Å². The van der Waals surface area contributed by atoms with E-state index in [1.165, 1.54) is 18.5 Å². The van der Waals surface area contributed by atoms with E-state index in [4.69, 9.17) is 11.6 Å². The smallest absolute Gasteiger partial charge is 0.153 e. The highest BCUT2D eigenvalue weighted by Crippen LogP contribution is 2.42. The molecular weight excluding hydrogens is 222 g/mol. The van der Waals surface area contributed by atoms with Gasteiger partial charge in [0.05, 0.1) is 17.8 Å². The molecule has 0 aliphatic heterocycles. The fourth-order valence-electron chi connectivity index (χ4n) is 1.95. The number of rotatable bonds is 3. The number of pyridine rings is 1. The first-order chi connectivity index (χ1) is 7.90. The standard InChI is InChI=1S/C12H12ClN3/c13-7-10-8-15-16(12(10)9-4-5-9)11-3-1-2-6-14-11/h1-3,6,8-9H,4-5,7H2. The average Bonchev–Trinajstić information content (AvgIpc) is 3.09. The third kappa shape index (κ3) is 1.61. The molecule has 1 fully saturated rings. The minimum atomic E-state index is 0.526. The third-order valence-electron chi connectivity index (χ3n) is 2.86. The van der Waals surface area contributed by atoms with Crippen LogP contribution in [-0.4, -0.2) is 14.8 Å². The first-order valence-electron chi connectivity index (χ1n) is 5.44. The van der Waals surface area contributed by atoms with Crippen LogP contribution < -0.4 is 0 Å². The van der Waals surface area contributed by atoms with E-state index in [-0.39, 0.29) is 0 Å². The van der Waals surface area contributed by atoms with Gasteiger partial charge in [0.15, 0.2) is 5.82 Å². The van der Waals surface area contributed by atoms with Crippen LogP contribution in [0.1, 0.15) is 30.0 Å². The van der Waals surface area contributed by atoms with Gasteiger partial charge in [-0.25, -0.2) is 9.67 Å². The molecular formula is C12H12ClN3. The maximum absolute atomic E-state index is 5.93. The molecule has 1 aliphatic carbocycles. The van der Waals surface area contributed by atoms with Crippen LogP contribution in [0.2, 0.25) is 0 Å². The summed E-state index contributed by atoms with van der Waals surface area (Å²) >= 11 is 5.93. The molecule has 0 atom stereocenters. The quantitative estimate of drug-likeness (QED) is 0.764. The number of hydrogen-bond donors (Lipinski definition) is 0. The lowest BCUT2D eigenvalue weighted by Crippen LogP contribution is -2.03. The molecule has 82 valence electrons. The van der Waals surface area contributed by atoms with Crippen molar-refractivity contribution in [3.63, 3.8) is 0 Å². The predicted octanol–water partition coefficient (Wildman–Crippen LogP) is 2.88. The minimum absolute atomic E-state index is 0.526. The van der Waals surface area contributed by atoms with Gasteiger partial charge in [-0.2, -0.15) is 5.10 Å². The van der Waals surface area contributed by atoms with Crippen molar-refractivity contribution in [2.24, 2.45) is 0 Å². The van der Waals surface area contributed by atoms with Gasteiger partial charge in [-0.05, 0) is 25.0 Å². The highest BCUT2D eigenvalue weighted by atomic mass is 35.5. The predicted molar refractivity (Wildman–Crippen MR) is 62.9 cm³/mol. The molecule has 4 heteroatoms. The average molecular weight is 234 g/mol. The highest BCUT2D eigenvalue weighted by Gasteiger charge is 2.30. The van der Waals surface area contributed by atoms with Crippen molar-refractivity contribution < 1.29 is 0 Å². The van der Waals surface area contributed by atoms with Crippen molar-refractivity contribution in [1.29, 1.82) is 0 Å². The number of alkyl halides is 1. The lowest BCUT2D eigenvalue weighted by atomic mass is 10.2. The van der Waals surface area contributed by atoms with Crippen molar-refractivity contribution in [3.05, 3.63) is 41.9 Å². The Hall–Kier alpha value is -1.35. The van der Waals surface area contributed by atoms with Crippen LogP contribution in [0.3, 0.4) is 0 Å². The Labute approximate surface area is 99.1 Å². The van der Waals surface area contributed by atoms with Crippen molar-refractivity contribution >= 4 is 11.6 Å². The molecule has 0 bridgehead atoms. The van der Waals surface area contributed by atoms with E-state index in [0.29, 0.717) is 11.8 Å². The molecule has 1 aliphatic rings. The SMILES string of the molecule is ClCc1cnn(-c2ccccn2)c1C1CC1. The van der Waals surface area contributed by atoms with E-state index in [1.807, 2.05) is 29.1 Å². The molecule has 1 saturated carbocycles. The number of aromatic nitrogens is 3. The van der Waals surface area contributed by atoms with Crippen LogP contribution in [-0.2, 0) is 5.88 Å². The highest BCUT2D eigenvalue weighted by molar-refractivity contribution is 6.17. The summed E-state index contributed by atoms with van der Waals surface area (Å²) in [5.74, 6) is 2.03. The molecule has 3 nitrogen and oxygen atoms in total. The normalized spacial score (nSPS) is 15.3. The van der Waals surface area contributed by atoms with E-state index in [2.05, 4.69) is 10.1 Å². The summed E-state index contributed by atoms with van der Waals surface area (Å²) in [5.41, 5.74) is 2.38. The Morgan fingerprint density at radius 3 is 2.88 bits per heavy atom. The number of hydrogen-bond acceptors (Lipinski definition) is 2. The molecule has 0 spiro atoms. The minimum Gasteiger partial charge on any atom is -0.237 e. The molecule has 0 amide bonds. The Morgan fingerprint density at radius 1 is 1.38 bits per heavy atom.